The van der Waals surface area contributed by atoms with E-state index in [1.807, 2.05) is 29.7 Å². The van der Waals surface area contributed by atoms with Crippen LogP contribution in [0.3, 0.4) is 0 Å². The molecule has 0 atom stereocenters. The van der Waals surface area contributed by atoms with Crippen molar-refractivity contribution in [2.75, 3.05) is 7.11 Å². The first-order valence-corrected chi connectivity index (χ1v) is 5.81. The summed E-state index contributed by atoms with van der Waals surface area (Å²) in [6, 6.07) is 5.76. The number of ether oxygens (including phenoxy) is 1. The number of rotatable bonds is 2. The Bertz CT molecular complexity index is 576. The van der Waals surface area contributed by atoms with Gasteiger partial charge in [-0.2, -0.15) is 5.10 Å². The minimum Gasteiger partial charge on any atom is -0.496 e. The van der Waals surface area contributed by atoms with E-state index < -0.39 is 0 Å². The fourth-order valence-corrected chi connectivity index (χ4v) is 2.29. The summed E-state index contributed by atoms with van der Waals surface area (Å²) in [6.07, 6.45) is 0. The third-order valence-corrected chi connectivity index (χ3v) is 3.13. The first-order chi connectivity index (χ1) is 7.63. The quantitative estimate of drug-likeness (QED) is 0.867. The van der Waals surface area contributed by atoms with Gasteiger partial charge in [-0.25, -0.2) is 0 Å². The van der Waals surface area contributed by atoms with Crippen LogP contribution in [0, 0.1) is 11.7 Å². The number of methoxy groups -OCH3 is 1. The van der Waals surface area contributed by atoms with Crippen molar-refractivity contribution in [1.82, 2.24) is 14.8 Å². The van der Waals surface area contributed by atoms with Crippen molar-refractivity contribution in [3.63, 3.8) is 0 Å². The van der Waals surface area contributed by atoms with E-state index in [4.69, 9.17) is 17.0 Å². The van der Waals surface area contributed by atoms with Crippen molar-refractivity contribution >= 4 is 28.1 Å². The first-order valence-electron chi connectivity index (χ1n) is 4.61. The summed E-state index contributed by atoms with van der Waals surface area (Å²) in [7, 11) is 1.63. The van der Waals surface area contributed by atoms with Gasteiger partial charge in [-0.05, 0) is 53.3 Å². The third-order valence-electron chi connectivity index (χ3n) is 2.23. The molecule has 84 valence electrons. The molecular weight excluding hydrogens is 290 g/mol. The van der Waals surface area contributed by atoms with Gasteiger partial charge in [0, 0.05) is 0 Å². The van der Waals surface area contributed by atoms with Crippen molar-refractivity contribution in [3.05, 3.63) is 33.3 Å². The van der Waals surface area contributed by atoms with Crippen molar-refractivity contribution in [2.45, 2.75) is 6.92 Å². The maximum absolute atomic E-state index is 5.17. The molecule has 0 unspecified atom stereocenters. The van der Waals surface area contributed by atoms with Crippen LogP contribution in [0.4, 0.5) is 0 Å². The van der Waals surface area contributed by atoms with E-state index >= 15 is 0 Å². The SMILES string of the molecule is COc1ccc(-n2c(C)n[nH]c2=S)cc1Br. The highest BCUT2D eigenvalue weighted by Gasteiger charge is 2.06. The van der Waals surface area contributed by atoms with Crippen LogP contribution in [0.25, 0.3) is 5.69 Å². The molecular formula is C10H10BrN3OS. The number of aromatic amines is 1. The first kappa shape index (κ1) is 11.3. The van der Waals surface area contributed by atoms with Gasteiger partial charge in [0.05, 0.1) is 17.3 Å². The van der Waals surface area contributed by atoms with Gasteiger partial charge >= 0.3 is 0 Å². The molecule has 0 fully saturated rings. The number of hydrogen-bond donors (Lipinski definition) is 1. The number of nitrogens with one attached hydrogen (secondary N) is 1. The average Bonchev–Trinajstić information content (AvgIpc) is 2.58. The zero-order valence-corrected chi connectivity index (χ0v) is 11.2. The zero-order valence-electron chi connectivity index (χ0n) is 8.82. The van der Waals surface area contributed by atoms with E-state index in [0.29, 0.717) is 4.77 Å². The van der Waals surface area contributed by atoms with Gasteiger partial charge in [0.25, 0.3) is 0 Å². The van der Waals surface area contributed by atoms with Crippen molar-refractivity contribution < 1.29 is 4.74 Å². The van der Waals surface area contributed by atoms with Crippen molar-refractivity contribution in [2.24, 2.45) is 0 Å². The van der Waals surface area contributed by atoms with E-state index in [1.54, 1.807) is 7.11 Å². The smallest absolute Gasteiger partial charge is 0.199 e. The summed E-state index contributed by atoms with van der Waals surface area (Å²) in [4.78, 5) is 0. The van der Waals surface area contributed by atoms with Crippen LogP contribution in [-0.4, -0.2) is 21.9 Å². The lowest BCUT2D eigenvalue weighted by Gasteiger charge is -2.07. The molecule has 0 saturated heterocycles. The van der Waals surface area contributed by atoms with Crippen LogP contribution in [0.5, 0.6) is 5.75 Å². The van der Waals surface area contributed by atoms with E-state index in [1.165, 1.54) is 0 Å². The molecule has 2 rings (SSSR count). The number of aromatic nitrogens is 3. The van der Waals surface area contributed by atoms with Crippen LogP contribution in [0.1, 0.15) is 5.82 Å². The Balaban J connectivity index is 2.58. The van der Waals surface area contributed by atoms with Gasteiger partial charge in [-0.1, -0.05) is 0 Å². The van der Waals surface area contributed by atoms with Crippen LogP contribution >= 0.6 is 28.1 Å². The van der Waals surface area contributed by atoms with Crippen LogP contribution in [0.2, 0.25) is 0 Å². The Morgan fingerprint density at radius 2 is 2.25 bits per heavy atom. The van der Waals surface area contributed by atoms with Crippen molar-refractivity contribution in [3.8, 4) is 11.4 Å². The molecule has 1 aromatic heterocycles. The molecule has 4 nitrogen and oxygen atoms in total. The molecule has 0 bridgehead atoms. The maximum Gasteiger partial charge on any atom is 0.199 e. The summed E-state index contributed by atoms with van der Waals surface area (Å²) in [5, 5.41) is 6.82. The fraction of sp³-hybridized carbons (Fsp3) is 0.200. The summed E-state index contributed by atoms with van der Waals surface area (Å²) < 4.78 is 8.50. The Labute approximate surface area is 106 Å². The molecule has 0 spiro atoms. The Morgan fingerprint density at radius 1 is 1.50 bits per heavy atom. The minimum atomic E-state index is 0.578. The Hall–Kier alpha value is -1.14. The normalized spacial score (nSPS) is 10.4. The zero-order chi connectivity index (χ0) is 11.7. The largest absolute Gasteiger partial charge is 0.496 e. The predicted octanol–water partition coefficient (Wildman–Crippen LogP) is 3.01. The number of H-pyrrole nitrogens is 1. The second-order valence-electron chi connectivity index (χ2n) is 3.23. The molecule has 0 aliphatic carbocycles. The van der Waals surface area contributed by atoms with Crippen LogP contribution < -0.4 is 4.74 Å². The lowest BCUT2D eigenvalue weighted by Crippen LogP contribution is -1.97. The maximum atomic E-state index is 5.17. The summed E-state index contributed by atoms with van der Waals surface area (Å²) >= 11 is 8.60. The fourth-order valence-electron chi connectivity index (χ4n) is 1.47. The number of nitrogens with zero attached hydrogens (tertiary/aromatic N) is 2. The number of aryl methyl sites for hydroxylation is 1. The Morgan fingerprint density at radius 3 is 2.75 bits per heavy atom. The lowest BCUT2D eigenvalue weighted by molar-refractivity contribution is 0.412. The number of benzene rings is 1. The molecule has 0 amide bonds. The molecule has 0 aliphatic heterocycles. The molecule has 0 saturated carbocycles. The molecule has 2 aromatic rings. The molecule has 6 heteroatoms. The monoisotopic (exact) mass is 299 g/mol. The molecule has 16 heavy (non-hydrogen) atoms. The van der Waals surface area contributed by atoms with Gasteiger partial charge in [0.1, 0.15) is 11.6 Å². The standard InChI is InChI=1S/C10H10BrN3OS/c1-6-12-13-10(16)14(6)7-3-4-9(15-2)8(11)5-7/h3-5H,1-2H3,(H,13,16). The van der Waals surface area contributed by atoms with Crippen LogP contribution in [0.15, 0.2) is 22.7 Å². The van der Waals surface area contributed by atoms with E-state index in [9.17, 15) is 0 Å². The third kappa shape index (κ3) is 1.90. The predicted molar refractivity (Wildman–Crippen MR) is 67.7 cm³/mol. The topological polar surface area (TPSA) is 42.8 Å². The highest BCUT2D eigenvalue weighted by Crippen LogP contribution is 2.27. The van der Waals surface area contributed by atoms with Gasteiger partial charge < -0.3 is 4.74 Å². The van der Waals surface area contributed by atoms with E-state index in [-0.39, 0.29) is 0 Å². The number of halogens is 1. The van der Waals surface area contributed by atoms with Gasteiger partial charge in [-0.15, -0.1) is 0 Å². The van der Waals surface area contributed by atoms with E-state index in [2.05, 4.69) is 26.1 Å². The van der Waals surface area contributed by atoms with Crippen LogP contribution in [-0.2, 0) is 0 Å². The molecule has 0 aliphatic rings. The second kappa shape index (κ2) is 4.39. The van der Waals surface area contributed by atoms with Gasteiger partial charge in [0.15, 0.2) is 4.77 Å². The molecule has 1 aromatic carbocycles. The molecule has 1 N–H and O–H groups in total. The highest BCUT2D eigenvalue weighted by atomic mass is 79.9. The van der Waals surface area contributed by atoms with Gasteiger partial charge in [-0.3, -0.25) is 9.67 Å². The summed E-state index contributed by atoms with van der Waals surface area (Å²) in [6.45, 7) is 1.89. The Kier molecular flexibility index (Phi) is 3.11. The average molecular weight is 300 g/mol. The van der Waals surface area contributed by atoms with Crippen molar-refractivity contribution in [1.29, 1.82) is 0 Å². The summed E-state index contributed by atoms with van der Waals surface area (Å²) in [5.41, 5.74) is 0.948. The number of hydrogen-bond acceptors (Lipinski definition) is 3. The minimum absolute atomic E-state index is 0.578. The molecule has 0 radical (unpaired) electrons. The highest BCUT2D eigenvalue weighted by molar-refractivity contribution is 9.10. The molecule has 1 heterocycles. The van der Waals surface area contributed by atoms with E-state index in [0.717, 1.165) is 21.7 Å². The second-order valence-corrected chi connectivity index (χ2v) is 4.47. The lowest BCUT2D eigenvalue weighted by atomic mass is 10.3. The van der Waals surface area contributed by atoms with Gasteiger partial charge in [0.2, 0.25) is 0 Å². The summed E-state index contributed by atoms with van der Waals surface area (Å²) in [5.74, 6) is 1.61.